The summed E-state index contributed by atoms with van der Waals surface area (Å²) in [6.07, 6.45) is 1.64. The second-order valence-corrected chi connectivity index (χ2v) is 5.31. The lowest BCUT2D eigenvalue weighted by molar-refractivity contribution is 0.270. The van der Waals surface area contributed by atoms with Crippen LogP contribution in [0.2, 0.25) is 0 Å². The van der Waals surface area contributed by atoms with Crippen molar-refractivity contribution in [2.75, 3.05) is 12.3 Å². The third-order valence-electron chi connectivity index (χ3n) is 2.95. The first-order chi connectivity index (χ1) is 10.6. The zero-order valence-corrected chi connectivity index (χ0v) is 13.1. The van der Waals surface area contributed by atoms with Gasteiger partial charge in [0.15, 0.2) is 0 Å². The highest BCUT2D eigenvalue weighted by atomic mass is 79.9. The Bertz CT molecular complexity index is 810. The number of hydrogen-bond acceptors (Lipinski definition) is 5. The number of aliphatic hydroxyl groups excluding tert-OH is 1. The number of aromatic nitrogens is 2. The Labute approximate surface area is 135 Å². The Balaban J connectivity index is 2.55. The molecule has 3 N–H and O–H groups in total. The third kappa shape index (κ3) is 3.17. The van der Waals surface area contributed by atoms with Crippen LogP contribution in [0.3, 0.4) is 0 Å². The molecule has 0 radical (unpaired) electrons. The average Bonchev–Trinajstić information content (AvgIpc) is 2.81. The molecule has 6 nitrogen and oxygen atoms in total. The predicted molar refractivity (Wildman–Crippen MR) is 86.1 cm³/mol. The molecule has 0 fully saturated rings. The number of halogens is 1. The Morgan fingerprint density at radius 2 is 2.23 bits per heavy atom. The van der Waals surface area contributed by atoms with Gasteiger partial charge in [-0.05, 0) is 23.8 Å². The Hall–Kier alpha value is -2.61. The van der Waals surface area contributed by atoms with Gasteiger partial charge in [0.2, 0.25) is 0 Å². The zero-order valence-electron chi connectivity index (χ0n) is 11.5. The second kappa shape index (κ2) is 6.90. The minimum absolute atomic E-state index is 0.135. The minimum atomic E-state index is -0.159. The van der Waals surface area contributed by atoms with Gasteiger partial charge in [-0.2, -0.15) is 15.6 Å². The van der Waals surface area contributed by atoms with Gasteiger partial charge in [-0.1, -0.05) is 28.1 Å². The van der Waals surface area contributed by atoms with Crippen LogP contribution in [0.1, 0.15) is 16.8 Å². The van der Waals surface area contributed by atoms with Crippen LogP contribution in [0.25, 0.3) is 11.6 Å². The van der Waals surface area contributed by atoms with E-state index in [-0.39, 0.29) is 35.8 Å². The molecule has 0 aliphatic carbocycles. The van der Waals surface area contributed by atoms with E-state index in [1.54, 1.807) is 6.08 Å². The highest BCUT2D eigenvalue weighted by Crippen LogP contribution is 2.25. The molecule has 1 aromatic heterocycles. The summed E-state index contributed by atoms with van der Waals surface area (Å²) in [5, 5.41) is 31.8. The van der Waals surface area contributed by atoms with Gasteiger partial charge in [-0.15, -0.1) is 0 Å². The second-order valence-electron chi connectivity index (χ2n) is 4.39. The van der Waals surface area contributed by atoms with Crippen LogP contribution in [0.4, 0.5) is 5.82 Å². The molecule has 0 bridgehead atoms. The molecule has 0 aliphatic heterocycles. The largest absolute Gasteiger partial charge is 0.394 e. The summed E-state index contributed by atoms with van der Waals surface area (Å²) >= 11 is 3.36. The van der Waals surface area contributed by atoms with E-state index in [2.05, 4.69) is 21.0 Å². The van der Waals surface area contributed by atoms with E-state index < -0.39 is 0 Å². The van der Waals surface area contributed by atoms with Crippen LogP contribution < -0.4 is 5.73 Å². The third-order valence-corrected chi connectivity index (χ3v) is 3.44. The van der Waals surface area contributed by atoms with Crippen molar-refractivity contribution in [3.05, 3.63) is 45.6 Å². The van der Waals surface area contributed by atoms with E-state index in [0.29, 0.717) is 0 Å². The summed E-state index contributed by atoms with van der Waals surface area (Å²) in [5.74, 6) is 0.141. The molecule has 0 saturated carbocycles. The standard InChI is InChI=1S/C15H12BrN5O/c16-12-3-1-2-10(7-12)6-11(8-17)14-13(9-18)15(19)21(20-14)4-5-22/h1-3,6-7,22H,4-5,19H2. The molecule has 0 unspecified atom stereocenters. The average molecular weight is 358 g/mol. The number of nitrogen functional groups attached to an aromatic ring is 1. The van der Waals surface area contributed by atoms with Crippen molar-refractivity contribution in [3.63, 3.8) is 0 Å². The predicted octanol–water partition coefficient (Wildman–Crippen LogP) is 2.16. The summed E-state index contributed by atoms with van der Waals surface area (Å²) in [5.41, 5.74) is 7.22. The van der Waals surface area contributed by atoms with Crippen molar-refractivity contribution in [1.82, 2.24) is 9.78 Å². The minimum Gasteiger partial charge on any atom is -0.394 e. The fourth-order valence-electron chi connectivity index (χ4n) is 1.96. The number of anilines is 1. The van der Waals surface area contributed by atoms with E-state index in [9.17, 15) is 10.5 Å². The highest BCUT2D eigenvalue weighted by molar-refractivity contribution is 9.10. The van der Waals surface area contributed by atoms with Gasteiger partial charge in [0, 0.05) is 4.47 Å². The molecule has 0 saturated heterocycles. The van der Waals surface area contributed by atoms with E-state index in [4.69, 9.17) is 10.8 Å². The highest BCUT2D eigenvalue weighted by Gasteiger charge is 2.18. The molecule has 0 spiro atoms. The van der Waals surface area contributed by atoms with Crippen LogP contribution in [-0.4, -0.2) is 21.5 Å². The molecule has 22 heavy (non-hydrogen) atoms. The van der Waals surface area contributed by atoms with Crippen molar-refractivity contribution in [2.24, 2.45) is 0 Å². The van der Waals surface area contributed by atoms with Gasteiger partial charge >= 0.3 is 0 Å². The van der Waals surface area contributed by atoms with Crippen molar-refractivity contribution < 1.29 is 5.11 Å². The molecular weight excluding hydrogens is 346 g/mol. The fraction of sp³-hybridized carbons (Fsp3) is 0.133. The number of benzene rings is 1. The number of hydrogen-bond donors (Lipinski definition) is 2. The van der Waals surface area contributed by atoms with Crippen LogP contribution in [-0.2, 0) is 6.54 Å². The van der Waals surface area contributed by atoms with Crippen LogP contribution in [0, 0.1) is 22.7 Å². The number of nitrogens with zero attached hydrogens (tertiary/aromatic N) is 4. The first kappa shape index (κ1) is 15.8. The fourth-order valence-corrected chi connectivity index (χ4v) is 2.37. The quantitative estimate of drug-likeness (QED) is 0.814. The van der Waals surface area contributed by atoms with Crippen LogP contribution >= 0.6 is 15.9 Å². The van der Waals surface area contributed by atoms with Crippen molar-refractivity contribution in [3.8, 4) is 12.1 Å². The maximum absolute atomic E-state index is 9.38. The molecule has 7 heteroatoms. The maximum atomic E-state index is 9.38. The maximum Gasteiger partial charge on any atom is 0.140 e. The Morgan fingerprint density at radius 1 is 1.45 bits per heavy atom. The van der Waals surface area contributed by atoms with Gasteiger partial charge in [0.25, 0.3) is 0 Å². The van der Waals surface area contributed by atoms with E-state index in [0.717, 1.165) is 10.0 Å². The summed E-state index contributed by atoms with van der Waals surface area (Å²) in [4.78, 5) is 0. The Morgan fingerprint density at radius 3 is 2.82 bits per heavy atom. The van der Waals surface area contributed by atoms with Crippen LogP contribution in [0.15, 0.2) is 28.7 Å². The summed E-state index contributed by atoms with van der Waals surface area (Å²) < 4.78 is 2.20. The number of rotatable bonds is 4. The van der Waals surface area contributed by atoms with E-state index in [1.165, 1.54) is 4.68 Å². The van der Waals surface area contributed by atoms with Gasteiger partial charge in [0.1, 0.15) is 29.2 Å². The number of aliphatic hydroxyl groups is 1. The summed E-state index contributed by atoms with van der Waals surface area (Å²) in [6, 6.07) is 11.4. The van der Waals surface area contributed by atoms with Gasteiger partial charge in [-0.3, -0.25) is 0 Å². The number of nitrogens with two attached hydrogens (primary N) is 1. The topological polar surface area (TPSA) is 112 Å². The first-order valence-corrected chi connectivity index (χ1v) is 7.15. The summed E-state index contributed by atoms with van der Waals surface area (Å²) in [7, 11) is 0. The molecule has 1 aromatic carbocycles. The lowest BCUT2D eigenvalue weighted by Crippen LogP contribution is -2.07. The van der Waals surface area contributed by atoms with Crippen molar-refractivity contribution >= 4 is 33.4 Å². The van der Waals surface area contributed by atoms with Crippen LogP contribution in [0.5, 0.6) is 0 Å². The molecule has 2 rings (SSSR count). The molecule has 1 heterocycles. The normalized spacial score (nSPS) is 11.0. The van der Waals surface area contributed by atoms with E-state index >= 15 is 0 Å². The number of allylic oxidation sites excluding steroid dienone is 1. The Kier molecular flexibility index (Phi) is 4.95. The lowest BCUT2D eigenvalue weighted by Gasteiger charge is -1.99. The number of nitriles is 2. The smallest absolute Gasteiger partial charge is 0.140 e. The van der Waals surface area contributed by atoms with Crippen molar-refractivity contribution in [1.29, 1.82) is 10.5 Å². The monoisotopic (exact) mass is 357 g/mol. The SMILES string of the molecule is N#CC(=Cc1cccc(Br)c1)c1nn(CCO)c(N)c1C#N. The molecule has 0 amide bonds. The molecule has 2 aromatic rings. The lowest BCUT2D eigenvalue weighted by atomic mass is 10.1. The van der Waals surface area contributed by atoms with Gasteiger partial charge in [-0.25, -0.2) is 4.68 Å². The van der Waals surface area contributed by atoms with Crippen molar-refractivity contribution in [2.45, 2.75) is 6.54 Å². The molecular formula is C15H12BrN5O. The van der Waals surface area contributed by atoms with E-state index in [1.807, 2.05) is 36.4 Å². The summed E-state index contributed by atoms with van der Waals surface area (Å²) in [6.45, 7) is 0.00350. The first-order valence-electron chi connectivity index (χ1n) is 6.35. The molecule has 0 aliphatic rings. The zero-order chi connectivity index (χ0) is 16.1. The molecule has 0 atom stereocenters. The molecule has 110 valence electrons. The van der Waals surface area contributed by atoms with Gasteiger partial charge < -0.3 is 10.8 Å². The van der Waals surface area contributed by atoms with Gasteiger partial charge in [0.05, 0.1) is 18.7 Å².